The molecule has 6 heteroatoms. The summed E-state index contributed by atoms with van der Waals surface area (Å²) in [5.41, 5.74) is 0.937. The van der Waals surface area contributed by atoms with Gasteiger partial charge in [0.15, 0.2) is 0 Å². The Kier molecular flexibility index (Phi) is 3.88. The molecule has 0 spiro atoms. The van der Waals surface area contributed by atoms with E-state index in [2.05, 4.69) is 20.3 Å². The van der Waals surface area contributed by atoms with Gasteiger partial charge in [-0.15, -0.1) is 10.2 Å². The largest absolute Gasteiger partial charge is 0.497 e. The Morgan fingerprint density at radius 2 is 1.94 bits per heavy atom. The van der Waals surface area contributed by atoms with Gasteiger partial charge in [0.1, 0.15) is 5.75 Å². The van der Waals surface area contributed by atoms with E-state index in [1.807, 2.05) is 38.4 Å². The Bertz CT molecular complexity index is 491. The van der Waals surface area contributed by atoms with Crippen molar-refractivity contribution in [3.8, 4) is 17.1 Å². The first-order valence-corrected chi connectivity index (χ1v) is 5.76. The predicted molar refractivity (Wildman–Crippen MR) is 68.4 cm³/mol. The summed E-state index contributed by atoms with van der Waals surface area (Å²) >= 11 is 0. The summed E-state index contributed by atoms with van der Waals surface area (Å²) in [6.45, 7) is 1.62. The number of methoxy groups -OCH3 is 1. The van der Waals surface area contributed by atoms with Crippen LogP contribution < -0.4 is 4.74 Å². The number of likely N-dealkylation sites (N-methyl/N-ethyl adjacent to an activating group) is 1. The van der Waals surface area contributed by atoms with Gasteiger partial charge >= 0.3 is 0 Å². The minimum absolute atomic E-state index is 0.636. The molecule has 0 aliphatic heterocycles. The average molecular weight is 247 g/mol. The highest BCUT2D eigenvalue weighted by Gasteiger charge is 2.06. The molecule has 0 aliphatic carbocycles. The zero-order valence-corrected chi connectivity index (χ0v) is 10.9. The van der Waals surface area contributed by atoms with Crippen molar-refractivity contribution in [1.29, 1.82) is 0 Å². The Hall–Kier alpha value is -1.95. The Labute approximate surface area is 106 Å². The lowest BCUT2D eigenvalue weighted by Gasteiger charge is -2.06. The standard InChI is InChI=1S/C12H17N5O/c1-16(2)8-9-17-14-12(13-15-17)10-4-6-11(18-3)7-5-10/h4-7H,8-9H2,1-3H3. The molecule has 0 bridgehead atoms. The molecule has 2 aromatic rings. The van der Waals surface area contributed by atoms with E-state index in [0.717, 1.165) is 24.4 Å². The van der Waals surface area contributed by atoms with Crippen molar-refractivity contribution >= 4 is 0 Å². The van der Waals surface area contributed by atoms with Gasteiger partial charge in [-0.3, -0.25) is 0 Å². The van der Waals surface area contributed by atoms with Gasteiger partial charge in [0.05, 0.1) is 13.7 Å². The summed E-state index contributed by atoms with van der Waals surface area (Å²) in [5, 5.41) is 12.4. The van der Waals surface area contributed by atoms with Crippen LogP contribution in [0.4, 0.5) is 0 Å². The molecule has 0 N–H and O–H groups in total. The van der Waals surface area contributed by atoms with Crippen molar-refractivity contribution in [2.24, 2.45) is 0 Å². The van der Waals surface area contributed by atoms with E-state index in [-0.39, 0.29) is 0 Å². The molecular weight excluding hydrogens is 230 g/mol. The van der Waals surface area contributed by atoms with Crippen LogP contribution in [0.2, 0.25) is 0 Å². The van der Waals surface area contributed by atoms with Gasteiger partial charge in [-0.25, -0.2) is 0 Å². The van der Waals surface area contributed by atoms with Crippen molar-refractivity contribution in [2.75, 3.05) is 27.7 Å². The van der Waals surface area contributed by atoms with Crippen LogP contribution in [-0.4, -0.2) is 52.9 Å². The number of ether oxygens (including phenoxy) is 1. The van der Waals surface area contributed by atoms with Crippen molar-refractivity contribution in [2.45, 2.75) is 6.54 Å². The SMILES string of the molecule is COc1ccc(-c2nnn(CCN(C)C)n2)cc1. The van der Waals surface area contributed by atoms with Gasteiger partial charge in [0, 0.05) is 12.1 Å². The summed E-state index contributed by atoms with van der Waals surface area (Å²) in [4.78, 5) is 3.69. The van der Waals surface area contributed by atoms with Crippen LogP contribution in [0.5, 0.6) is 5.75 Å². The third-order valence-electron chi connectivity index (χ3n) is 2.55. The number of aromatic nitrogens is 4. The molecule has 6 nitrogen and oxygen atoms in total. The lowest BCUT2D eigenvalue weighted by molar-refractivity contribution is 0.355. The van der Waals surface area contributed by atoms with Crippen molar-refractivity contribution in [1.82, 2.24) is 25.1 Å². The molecule has 1 aromatic carbocycles. The smallest absolute Gasteiger partial charge is 0.204 e. The van der Waals surface area contributed by atoms with Crippen molar-refractivity contribution in [3.63, 3.8) is 0 Å². The minimum atomic E-state index is 0.636. The summed E-state index contributed by atoms with van der Waals surface area (Å²) in [7, 11) is 5.67. The number of hydrogen-bond donors (Lipinski definition) is 0. The summed E-state index contributed by atoms with van der Waals surface area (Å²) in [6, 6.07) is 7.62. The second-order valence-electron chi connectivity index (χ2n) is 4.24. The molecule has 0 fully saturated rings. The van der Waals surface area contributed by atoms with E-state index in [9.17, 15) is 0 Å². The first kappa shape index (κ1) is 12.5. The maximum absolute atomic E-state index is 5.11. The second kappa shape index (κ2) is 5.59. The van der Waals surface area contributed by atoms with Crippen LogP contribution in [0, 0.1) is 0 Å². The van der Waals surface area contributed by atoms with Gasteiger partial charge < -0.3 is 9.64 Å². The van der Waals surface area contributed by atoms with Gasteiger partial charge in [-0.2, -0.15) is 4.80 Å². The lowest BCUT2D eigenvalue weighted by Crippen LogP contribution is -2.19. The molecule has 0 atom stereocenters. The molecule has 0 saturated carbocycles. The van der Waals surface area contributed by atoms with Crippen molar-refractivity contribution < 1.29 is 4.74 Å². The molecule has 0 radical (unpaired) electrons. The van der Waals surface area contributed by atoms with Crippen LogP contribution in [-0.2, 0) is 6.54 Å². The third-order valence-corrected chi connectivity index (χ3v) is 2.55. The molecule has 0 aliphatic rings. The maximum atomic E-state index is 5.11. The summed E-state index contributed by atoms with van der Waals surface area (Å²) in [6.07, 6.45) is 0. The Balaban J connectivity index is 2.08. The molecule has 0 amide bonds. The van der Waals surface area contributed by atoms with Crippen LogP contribution in [0.3, 0.4) is 0 Å². The van der Waals surface area contributed by atoms with Crippen molar-refractivity contribution in [3.05, 3.63) is 24.3 Å². The van der Waals surface area contributed by atoms with Gasteiger partial charge in [0.25, 0.3) is 0 Å². The second-order valence-corrected chi connectivity index (χ2v) is 4.24. The minimum Gasteiger partial charge on any atom is -0.497 e. The molecule has 1 aromatic heterocycles. The fraction of sp³-hybridized carbons (Fsp3) is 0.417. The van der Waals surface area contributed by atoms with E-state index in [4.69, 9.17) is 4.74 Å². The van der Waals surface area contributed by atoms with Crippen LogP contribution >= 0.6 is 0 Å². The number of tetrazole rings is 1. The highest BCUT2D eigenvalue weighted by atomic mass is 16.5. The lowest BCUT2D eigenvalue weighted by atomic mass is 10.2. The highest BCUT2D eigenvalue weighted by Crippen LogP contribution is 2.18. The Morgan fingerprint density at radius 3 is 2.56 bits per heavy atom. The first-order valence-electron chi connectivity index (χ1n) is 5.76. The van der Waals surface area contributed by atoms with Gasteiger partial charge in [0.2, 0.25) is 5.82 Å². The highest BCUT2D eigenvalue weighted by molar-refractivity contribution is 5.55. The number of hydrogen-bond acceptors (Lipinski definition) is 5. The first-order chi connectivity index (χ1) is 8.69. The Morgan fingerprint density at radius 1 is 1.22 bits per heavy atom. The normalized spacial score (nSPS) is 10.9. The van der Waals surface area contributed by atoms with E-state index in [0.29, 0.717) is 5.82 Å². The zero-order valence-electron chi connectivity index (χ0n) is 10.9. The van der Waals surface area contributed by atoms with E-state index >= 15 is 0 Å². The quantitative estimate of drug-likeness (QED) is 0.786. The molecule has 0 saturated heterocycles. The fourth-order valence-corrected chi connectivity index (χ4v) is 1.48. The topological polar surface area (TPSA) is 56.1 Å². The number of rotatable bonds is 5. The molecular formula is C12H17N5O. The van der Waals surface area contributed by atoms with E-state index in [1.54, 1.807) is 11.9 Å². The van der Waals surface area contributed by atoms with Gasteiger partial charge in [-0.1, -0.05) is 0 Å². The van der Waals surface area contributed by atoms with Crippen LogP contribution in [0.25, 0.3) is 11.4 Å². The monoisotopic (exact) mass is 247 g/mol. The number of benzene rings is 1. The van der Waals surface area contributed by atoms with Crippen LogP contribution in [0.15, 0.2) is 24.3 Å². The average Bonchev–Trinajstić information content (AvgIpc) is 2.85. The molecule has 2 rings (SSSR count). The van der Waals surface area contributed by atoms with E-state index in [1.165, 1.54) is 0 Å². The fourth-order valence-electron chi connectivity index (χ4n) is 1.48. The molecule has 0 unspecified atom stereocenters. The molecule has 1 heterocycles. The maximum Gasteiger partial charge on any atom is 0.204 e. The summed E-state index contributed by atoms with van der Waals surface area (Å²) in [5.74, 6) is 1.45. The van der Waals surface area contributed by atoms with Gasteiger partial charge in [-0.05, 0) is 43.6 Å². The summed E-state index contributed by atoms with van der Waals surface area (Å²) < 4.78 is 5.11. The molecule has 18 heavy (non-hydrogen) atoms. The van der Waals surface area contributed by atoms with E-state index < -0.39 is 0 Å². The number of nitrogens with zero attached hydrogens (tertiary/aromatic N) is 5. The third kappa shape index (κ3) is 3.04. The van der Waals surface area contributed by atoms with Crippen LogP contribution in [0.1, 0.15) is 0 Å². The predicted octanol–water partition coefficient (Wildman–Crippen LogP) is 0.910. The molecule has 96 valence electrons. The zero-order chi connectivity index (χ0) is 13.0.